The molecule has 3 heterocycles. The van der Waals surface area contributed by atoms with Crippen LogP contribution in [0.5, 0.6) is 5.88 Å². The van der Waals surface area contributed by atoms with E-state index in [4.69, 9.17) is 4.74 Å². The van der Waals surface area contributed by atoms with Crippen molar-refractivity contribution in [1.29, 1.82) is 0 Å². The molecule has 0 spiro atoms. The molecule has 0 amide bonds. The molecule has 138 valence electrons. The van der Waals surface area contributed by atoms with E-state index in [1.807, 2.05) is 0 Å². The highest BCUT2D eigenvalue weighted by molar-refractivity contribution is 5.32. The molecule has 1 saturated heterocycles. The van der Waals surface area contributed by atoms with Gasteiger partial charge in [0.05, 0.1) is 12.8 Å². The van der Waals surface area contributed by atoms with E-state index < -0.39 is 0 Å². The molecule has 0 atom stereocenters. The van der Waals surface area contributed by atoms with Crippen molar-refractivity contribution in [1.82, 2.24) is 19.7 Å². The van der Waals surface area contributed by atoms with Gasteiger partial charge in [-0.1, -0.05) is 0 Å². The van der Waals surface area contributed by atoms with E-state index in [1.165, 1.54) is 12.8 Å². The third-order valence-corrected chi connectivity index (χ3v) is 5.43. The fraction of sp³-hybridized carbons (Fsp3) is 0.579. The molecule has 26 heavy (non-hydrogen) atoms. The molecule has 7 heteroatoms. The van der Waals surface area contributed by atoms with Gasteiger partial charge in [0.1, 0.15) is 0 Å². The maximum Gasteiger partial charge on any atom is 0.267 e. The summed E-state index contributed by atoms with van der Waals surface area (Å²) in [5.41, 5.74) is 2.32. The molecule has 2 aromatic rings. The molecule has 0 aromatic carbocycles. The maximum atomic E-state index is 12.4. The van der Waals surface area contributed by atoms with E-state index >= 15 is 0 Å². The molecule has 1 aliphatic carbocycles. The summed E-state index contributed by atoms with van der Waals surface area (Å²) in [6.45, 7) is 2.48. The molecule has 0 N–H and O–H groups in total. The molecule has 7 nitrogen and oxygen atoms in total. The number of nitrogens with zero attached hydrogens (tertiary/aromatic N) is 5. The Labute approximate surface area is 153 Å². The number of fused-ring (bicyclic) bond motifs is 1. The first-order chi connectivity index (χ1) is 12.7. The summed E-state index contributed by atoms with van der Waals surface area (Å²) in [4.78, 5) is 23.3. The molecule has 0 radical (unpaired) electrons. The Balaban J connectivity index is 1.40. The minimum absolute atomic E-state index is 0.0456. The summed E-state index contributed by atoms with van der Waals surface area (Å²) in [6, 6.07) is 3.56. The van der Waals surface area contributed by atoms with Gasteiger partial charge in [0.2, 0.25) is 11.8 Å². The van der Waals surface area contributed by atoms with Crippen LogP contribution in [-0.4, -0.2) is 39.9 Å². The van der Waals surface area contributed by atoms with Crippen LogP contribution >= 0.6 is 0 Å². The zero-order valence-electron chi connectivity index (χ0n) is 15.2. The number of aryl methyl sites for hydroxylation is 2. The quantitative estimate of drug-likeness (QED) is 0.833. The number of rotatable bonds is 4. The molecule has 1 aliphatic heterocycles. The van der Waals surface area contributed by atoms with E-state index in [-0.39, 0.29) is 5.56 Å². The molecule has 0 unspecified atom stereocenters. The lowest BCUT2D eigenvalue weighted by Gasteiger charge is -2.32. The van der Waals surface area contributed by atoms with Crippen LogP contribution in [0.4, 0.5) is 5.95 Å². The Morgan fingerprint density at radius 1 is 1.23 bits per heavy atom. The predicted octanol–water partition coefficient (Wildman–Crippen LogP) is 1.84. The van der Waals surface area contributed by atoms with E-state index in [0.717, 1.165) is 50.0 Å². The summed E-state index contributed by atoms with van der Waals surface area (Å²) in [5, 5.41) is 4.66. The smallest absolute Gasteiger partial charge is 0.267 e. The van der Waals surface area contributed by atoms with Gasteiger partial charge in [-0.15, -0.1) is 0 Å². The van der Waals surface area contributed by atoms with E-state index in [9.17, 15) is 4.79 Å². The SMILES string of the molecule is COc1ccnc(N2CCC(Cn3nc4c(cc3=O)CCCC4)CC2)n1. The third-order valence-electron chi connectivity index (χ3n) is 5.43. The number of anilines is 1. The highest BCUT2D eigenvalue weighted by Crippen LogP contribution is 2.23. The van der Waals surface area contributed by atoms with Crippen LogP contribution in [0.25, 0.3) is 0 Å². The summed E-state index contributed by atoms with van der Waals surface area (Å²) in [7, 11) is 1.61. The van der Waals surface area contributed by atoms with Crippen molar-refractivity contribution >= 4 is 5.95 Å². The van der Waals surface area contributed by atoms with Gasteiger partial charge in [-0.2, -0.15) is 10.1 Å². The van der Waals surface area contributed by atoms with Crippen molar-refractivity contribution in [2.75, 3.05) is 25.1 Å². The van der Waals surface area contributed by atoms with Gasteiger partial charge in [0, 0.05) is 38.0 Å². The van der Waals surface area contributed by atoms with Crippen LogP contribution in [0.1, 0.15) is 36.9 Å². The number of methoxy groups -OCH3 is 1. The highest BCUT2D eigenvalue weighted by Gasteiger charge is 2.23. The van der Waals surface area contributed by atoms with Crippen molar-refractivity contribution in [2.45, 2.75) is 45.1 Å². The average Bonchev–Trinajstić information content (AvgIpc) is 2.69. The minimum atomic E-state index is 0.0456. The highest BCUT2D eigenvalue weighted by atomic mass is 16.5. The fourth-order valence-electron chi connectivity index (χ4n) is 3.89. The first kappa shape index (κ1) is 17.0. The number of aromatic nitrogens is 4. The fourth-order valence-corrected chi connectivity index (χ4v) is 3.89. The average molecular weight is 355 g/mol. The summed E-state index contributed by atoms with van der Waals surface area (Å²) >= 11 is 0. The van der Waals surface area contributed by atoms with Gasteiger partial charge in [0.15, 0.2) is 0 Å². The number of ether oxygens (including phenoxy) is 1. The van der Waals surface area contributed by atoms with Crippen molar-refractivity contribution in [3.8, 4) is 5.88 Å². The van der Waals surface area contributed by atoms with Crippen molar-refractivity contribution < 1.29 is 4.74 Å². The number of piperidine rings is 1. The second-order valence-corrected chi connectivity index (χ2v) is 7.17. The Morgan fingerprint density at radius 3 is 2.85 bits per heavy atom. The van der Waals surface area contributed by atoms with Crippen LogP contribution in [0.3, 0.4) is 0 Å². The topological polar surface area (TPSA) is 73.1 Å². The number of hydrogen-bond acceptors (Lipinski definition) is 6. The Morgan fingerprint density at radius 2 is 2.04 bits per heavy atom. The molecule has 0 bridgehead atoms. The summed E-state index contributed by atoms with van der Waals surface area (Å²) in [6.07, 6.45) is 8.08. The second kappa shape index (κ2) is 7.43. The number of hydrogen-bond donors (Lipinski definition) is 0. The molecule has 4 rings (SSSR count). The molecule has 1 fully saturated rings. The van der Waals surface area contributed by atoms with Crippen LogP contribution in [0.2, 0.25) is 0 Å². The molecular formula is C19H25N5O2. The lowest BCUT2D eigenvalue weighted by Crippen LogP contribution is -2.38. The van der Waals surface area contributed by atoms with Gasteiger partial charge < -0.3 is 9.64 Å². The Bertz CT molecular complexity index is 827. The van der Waals surface area contributed by atoms with Crippen LogP contribution in [0.15, 0.2) is 23.1 Å². The first-order valence-corrected chi connectivity index (χ1v) is 9.45. The minimum Gasteiger partial charge on any atom is -0.481 e. The van der Waals surface area contributed by atoms with E-state index in [2.05, 4.69) is 20.0 Å². The lowest BCUT2D eigenvalue weighted by atomic mass is 9.96. The second-order valence-electron chi connectivity index (χ2n) is 7.17. The maximum absolute atomic E-state index is 12.4. The summed E-state index contributed by atoms with van der Waals surface area (Å²) < 4.78 is 6.87. The van der Waals surface area contributed by atoms with Gasteiger partial charge in [-0.3, -0.25) is 4.79 Å². The van der Waals surface area contributed by atoms with E-state index in [1.54, 1.807) is 30.1 Å². The lowest BCUT2D eigenvalue weighted by molar-refractivity contribution is 0.329. The molecule has 0 saturated carbocycles. The summed E-state index contributed by atoms with van der Waals surface area (Å²) in [5.74, 6) is 1.76. The Hall–Kier alpha value is -2.44. The van der Waals surface area contributed by atoms with Crippen molar-refractivity contribution in [3.05, 3.63) is 39.9 Å². The molecule has 2 aliphatic rings. The third kappa shape index (κ3) is 3.57. The monoisotopic (exact) mass is 355 g/mol. The van der Waals surface area contributed by atoms with Gasteiger partial charge in [-0.05, 0) is 50.0 Å². The van der Waals surface area contributed by atoms with Gasteiger partial charge in [0.25, 0.3) is 5.56 Å². The molecule has 2 aromatic heterocycles. The van der Waals surface area contributed by atoms with Crippen molar-refractivity contribution in [3.63, 3.8) is 0 Å². The first-order valence-electron chi connectivity index (χ1n) is 9.45. The predicted molar refractivity (Wildman–Crippen MR) is 98.7 cm³/mol. The van der Waals surface area contributed by atoms with Gasteiger partial charge in [-0.25, -0.2) is 9.67 Å². The van der Waals surface area contributed by atoms with Gasteiger partial charge >= 0.3 is 0 Å². The van der Waals surface area contributed by atoms with Crippen molar-refractivity contribution in [2.24, 2.45) is 5.92 Å². The zero-order chi connectivity index (χ0) is 17.9. The largest absolute Gasteiger partial charge is 0.481 e. The molecular weight excluding hydrogens is 330 g/mol. The van der Waals surface area contributed by atoms with E-state index in [0.29, 0.717) is 24.3 Å². The van der Waals surface area contributed by atoms with Crippen LogP contribution < -0.4 is 15.2 Å². The standard InChI is InChI=1S/C19H25N5O2/c1-26-17-6-9-20-19(21-17)23-10-7-14(8-11-23)13-24-18(25)12-15-4-2-3-5-16(15)22-24/h6,9,12,14H,2-5,7-8,10-11,13H2,1H3. The normalized spacial score (nSPS) is 17.8. The van der Waals surface area contributed by atoms with Crippen LogP contribution in [0, 0.1) is 5.92 Å². The van der Waals surface area contributed by atoms with Crippen LogP contribution in [-0.2, 0) is 19.4 Å². The zero-order valence-corrected chi connectivity index (χ0v) is 15.2. The Kier molecular flexibility index (Phi) is 4.86.